The van der Waals surface area contributed by atoms with Gasteiger partial charge in [0.15, 0.2) is 0 Å². The number of fused-ring (bicyclic) bond motifs is 1. The van der Waals surface area contributed by atoms with E-state index in [2.05, 4.69) is 26.7 Å². The average Bonchev–Trinajstić information content (AvgIpc) is 2.83. The maximum atomic E-state index is 5.98. The molecule has 5 heteroatoms. The number of hydrogen-bond acceptors (Lipinski definition) is 4. The summed E-state index contributed by atoms with van der Waals surface area (Å²) in [4.78, 5) is 2.44. The largest absolute Gasteiger partial charge is 0.328 e. The smallest absolute Gasteiger partial charge is 0.147 e. The van der Waals surface area contributed by atoms with E-state index in [1.54, 1.807) is 0 Å². The van der Waals surface area contributed by atoms with Crippen LogP contribution >= 0.6 is 0 Å². The van der Waals surface area contributed by atoms with Crippen LogP contribution in [0.25, 0.3) is 0 Å². The van der Waals surface area contributed by atoms with E-state index in [0.29, 0.717) is 12.1 Å². The zero-order valence-corrected chi connectivity index (χ0v) is 11.9. The number of aromatic nitrogens is 3. The molecule has 2 aliphatic rings. The molecule has 1 fully saturated rings. The third kappa shape index (κ3) is 2.82. The highest BCUT2D eigenvalue weighted by atomic mass is 15.3. The topological polar surface area (TPSA) is 60.0 Å². The molecule has 0 radical (unpaired) electrons. The van der Waals surface area contributed by atoms with Crippen molar-refractivity contribution in [3.05, 3.63) is 11.6 Å². The third-order valence-corrected chi connectivity index (χ3v) is 4.69. The molecule has 1 aromatic heterocycles. The number of nitrogens with two attached hydrogens (primary N) is 1. The molecule has 3 rings (SSSR count). The summed E-state index contributed by atoms with van der Waals surface area (Å²) in [6, 6.07) is 1.09. The maximum Gasteiger partial charge on any atom is 0.147 e. The highest BCUT2D eigenvalue weighted by molar-refractivity contribution is 4.99. The molecule has 0 spiro atoms. The van der Waals surface area contributed by atoms with Crippen LogP contribution in [0.4, 0.5) is 0 Å². The molecule has 2 heterocycles. The Bertz CT molecular complexity index is 419. The molecule has 0 saturated heterocycles. The monoisotopic (exact) mass is 263 g/mol. The summed E-state index contributed by atoms with van der Waals surface area (Å²) in [5.74, 6) is 2.33. The Hall–Kier alpha value is -0.940. The third-order valence-electron chi connectivity index (χ3n) is 4.69. The van der Waals surface area contributed by atoms with Crippen LogP contribution in [0.5, 0.6) is 0 Å². The lowest BCUT2D eigenvalue weighted by Gasteiger charge is -2.33. The van der Waals surface area contributed by atoms with Crippen LogP contribution in [0.2, 0.25) is 0 Å². The molecule has 1 aromatic rings. The second-order valence-electron chi connectivity index (χ2n) is 6.12. The molecule has 0 unspecified atom stereocenters. The molecule has 5 nitrogen and oxygen atoms in total. The first-order chi connectivity index (χ1) is 9.24. The van der Waals surface area contributed by atoms with Crippen LogP contribution in [-0.2, 0) is 19.5 Å². The van der Waals surface area contributed by atoms with Crippen molar-refractivity contribution in [1.82, 2.24) is 19.7 Å². The van der Waals surface area contributed by atoms with Gasteiger partial charge >= 0.3 is 0 Å². The lowest BCUT2D eigenvalue weighted by molar-refractivity contribution is 0.170. The highest BCUT2D eigenvalue weighted by Gasteiger charge is 2.24. The molecule has 106 valence electrons. The Morgan fingerprint density at radius 1 is 1.21 bits per heavy atom. The van der Waals surface area contributed by atoms with E-state index in [-0.39, 0.29) is 0 Å². The van der Waals surface area contributed by atoms with Crippen molar-refractivity contribution in [3.8, 4) is 0 Å². The summed E-state index contributed by atoms with van der Waals surface area (Å²) in [5.41, 5.74) is 5.98. The molecule has 1 aliphatic heterocycles. The highest BCUT2D eigenvalue weighted by Crippen LogP contribution is 2.23. The Kier molecular flexibility index (Phi) is 3.84. The van der Waals surface area contributed by atoms with Gasteiger partial charge in [0.2, 0.25) is 0 Å². The summed E-state index contributed by atoms with van der Waals surface area (Å²) in [6.07, 6.45) is 8.38. The standard InChI is InChI=1S/C14H25N5/c1-18(12-7-5-11(15)6-8-12)10-14-17-16-13-4-2-3-9-19(13)14/h11-12H,2-10,15H2,1H3. The Morgan fingerprint density at radius 3 is 2.79 bits per heavy atom. The van der Waals surface area contributed by atoms with Gasteiger partial charge in [-0.1, -0.05) is 0 Å². The van der Waals surface area contributed by atoms with Gasteiger partial charge in [-0.05, 0) is 45.6 Å². The average molecular weight is 263 g/mol. The fourth-order valence-corrected chi connectivity index (χ4v) is 3.38. The first-order valence-corrected chi connectivity index (χ1v) is 7.61. The van der Waals surface area contributed by atoms with Crippen LogP contribution in [0, 0.1) is 0 Å². The van der Waals surface area contributed by atoms with Gasteiger partial charge in [-0.15, -0.1) is 10.2 Å². The van der Waals surface area contributed by atoms with E-state index in [1.165, 1.54) is 31.5 Å². The van der Waals surface area contributed by atoms with Gasteiger partial charge in [0, 0.05) is 25.0 Å². The fraction of sp³-hybridized carbons (Fsp3) is 0.857. The van der Waals surface area contributed by atoms with Crippen LogP contribution in [-0.4, -0.2) is 38.8 Å². The van der Waals surface area contributed by atoms with E-state index in [1.807, 2.05) is 0 Å². The molecule has 0 bridgehead atoms. The second-order valence-corrected chi connectivity index (χ2v) is 6.12. The summed E-state index contributed by atoms with van der Waals surface area (Å²) < 4.78 is 2.33. The molecule has 2 N–H and O–H groups in total. The molecule has 0 atom stereocenters. The quantitative estimate of drug-likeness (QED) is 0.893. The van der Waals surface area contributed by atoms with Gasteiger partial charge < -0.3 is 10.3 Å². The number of aryl methyl sites for hydroxylation is 1. The van der Waals surface area contributed by atoms with Crippen molar-refractivity contribution in [1.29, 1.82) is 0 Å². The first-order valence-electron chi connectivity index (χ1n) is 7.61. The van der Waals surface area contributed by atoms with Crippen molar-refractivity contribution in [2.45, 2.75) is 70.1 Å². The van der Waals surface area contributed by atoms with Gasteiger partial charge in [-0.2, -0.15) is 0 Å². The Balaban J connectivity index is 1.63. The van der Waals surface area contributed by atoms with Crippen LogP contribution in [0.1, 0.15) is 50.2 Å². The molecular formula is C14H25N5. The maximum absolute atomic E-state index is 5.98. The predicted octanol–water partition coefficient (Wildman–Crippen LogP) is 1.32. The second kappa shape index (κ2) is 5.59. The summed E-state index contributed by atoms with van der Waals surface area (Å²) in [6.45, 7) is 2.02. The van der Waals surface area contributed by atoms with Crippen molar-refractivity contribution in [2.24, 2.45) is 5.73 Å². The molecular weight excluding hydrogens is 238 g/mol. The van der Waals surface area contributed by atoms with Crippen molar-refractivity contribution >= 4 is 0 Å². The Labute approximate surface area is 115 Å². The van der Waals surface area contributed by atoms with E-state index < -0.39 is 0 Å². The van der Waals surface area contributed by atoms with E-state index in [4.69, 9.17) is 5.73 Å². The molecule has 0 aromatic carbocycles. The minimum atomic E-state index is 0.422. The minimum absolute atomic E-state index is 0.422. The number of rotatable bonds is 3. The Morgan fingerprint density at radius 2 is 2.00 bits per heavy atom. The zero-order chi connectivity index (χ0) is 13.2. The molecule has 0 amide bonds. The van der Waals surface area contributed by atoms with Crippen LogP contribution in [0.15, 0.2) is 0 Å². The summed E-state index contributed by atoms with van der Waals surface area (Å²) in [5, 5.41) is 8.73. The van der Waals surface area contributed by atoms with E-state index in [9.17, 15) is 0 Å². The minimum Gasteiger partial charge on any atom is -0.328 e. The van der Waals surface area contributed by atoms with Gasteiger partial charge in [-0.25, -0.2) is 0 Å². The predicted molar refractivity (Wildman–Crippen MR) is 74.7 cm³/mol. The van der Waals surface area contributed by atoms with Crippen molar-refractivity contribution < 1.29 is 0 Å². The number of hydrogen-bond donors (Lipinski definition) is 1. The van der Waals surface area contributed by atoms with Gasteiger partial charge in [0.25, 0.3) is 0 Å². The molecule has 1 aliphatic carbocycles. The van der Waals surface area contributed by atoms with Gasteiger partial charge in [0.1, 0.15) is 11.6 Å². The number of nitrogens with zero attached hydrogens (tertiary/aromatic N) is 4. The fourth-order valence-electron chi connectivity index (χ4n) is 3.38. The van der Waals surface area contributed by atoms with Gasteiger partial charge in [0.05, 0.1) is 6.54 Å². The van der Waals surface area contributed by atoms with E-state index >= 15 is 0 Å². The van der Waals surface area contributed by atoms with Crippen molar-refractivity contribution in [3.63, 3.8) is 0 Å². The molecule has 19 heavy (non-hydrogen) atoms. The van der Waals surface area contributed by atoms with Gasteiger partial charge in [-0.3, -0.25) is 4.90 Å². The zero-order valence-electron chi connectivity index (χ0n) is 11.9. The van der Waals surface area contributed by atoms with Crippen LogP contribution in [0.3, 0.4) is 0 Å². The molecule has 1 saturated carbocycles. The summed E-state index contributed by atoms with van der Waals surface area (Å²) in [7, 11) is 2.21. The lowest BCUT2D eigenvalue weighted by Crippen LogP contribution is -2.38. The van der Waals surface area contributed by atoms with Crippen LogP contribution < -0.4 is 5.73 Å². The lowest BCUT2D eigenvalue weighted by atomic mass is 9.91. The summed E-state index contributed by atoms with van der Waals surface area (Å²) >= 11 is 0. The normalized spacial score (nSPS) is 27.5. The SMILES string of the molecule is CN(Cc1nnc2n1CCCC2)C1CCC(N)CC1. The van der Waals surface area contributed by atoms with E-state index in [0.717, 1.165) is 38.2 Å². The van der Waals surface area contributed by atoms with Crippen molar-refractivity contribution in [2.75, 3.05) is 7.05 Å². The first kappa shape index (κ1) is 13.1.